The fraction of sp³-hybridized carbons (Fsp3) is 0.194. The predicted octanol–water partition coefficient (Wildman–Crippen LogP) is 6.08. The minimum absolute atomic E-state index is 0.462. The van der Waals surface area contributed by atoms with Gasteiger partial charge in [-0.25, -0.2) is 4.68 Å². The number of para-hydroxylation sites is 1. The van der Waals surface area contributed by atoms with Gasteiger partial charge in [0.05, 0.1) is 24.5 Å². The number of aryl methyl sites for hydroxylation is 1. The third-order valence-corrected chi connectivity index (χ3v) is 6.22. The standard InChI is InChI=1S/C31H31N3O3/c1-33-31(37-27-16-9-4-10-17-27)29(30(32-33)25-14-7-3-8-15-25)23-34(22-28-18-11-19-36-28)21-26(35)20-24-12-5-2-6-13-24/h2-19,26,35H,20-23H2,1H3/t26-/m0/s1. The molecule has 6 heteroatoms. The molecule has 0 fully saturated rings. The summed E-state index contributed by atoms with van der Waals surface area (Å²) < 4.78 is 13.8. The average molecular weight is 494 g/mol. The van der Waals surface area contributed by atoms with Crippen molar-refractivity contribution in [1.29, 1.82) is 0 Å². The number of aliphatic hydroxyl groups is 1. The second kappa shape index (κ2) is 11.7. The largest absolute Gasteiger partial charge is 0.468 e. The maximum atomic E-state index is 11.1. The van der Waals surface area contributed by atoms with E-state index < -0.39 is 6.10 Å². The highest BCUT2D eigenvalue weighted by molar-refractivity contribution is 5.65. The first-order valence-corrected chi connectivity index (χ1v) is 12.5. The first-order valence-electron chi connectivity index (χ1n) is 12.5. The molecule has 6 nitrogen and oxygen atoms in total. The van der Waals surface area contributed by atoms with Gasteiger partial charge in [0.1, 0.15) is 17.2 Å². The Hall–Kier alpha value is -4.13. The van der Waals surface area contributed by atoms with Crippen LogP contribution in [0.1, 0.15) is 16.9 Å². The topological polar surface area (TPSA) is 63.7 Å². The molecule has 188 valence electrons. The maximum absolute atomic E-state index is 11.1. The van der Waals surface area contributed by atoms with Crippen LogP contribution in [-0.2, 0) is 26.6 Å². The van der Waals surface area contributed by atoms with Gasteiger partial charge in [0.25, 0.3) is 0 Å². The molecule has 2 heterocycles. The number of hydrogen-bond donors (Lipinski definition) is 1. The molecular weight excluding hydrogens is 462 g/mol. The Morgan fingerprint density at radius 2 is 1.54 bits per heavy atom. The van der Waals surface area contributed by atoms with Crippen molar-refractivity contribution < 1.29 is 14.3 Å². The highest BCUT2D eigenvalue weighted by Crippen LogP contribution is 2.34. The van der Waals surface area contributed by atoms with Crippen LogP contribution in [0.15, 0.2) is 114 Å². The highest BCUT2D eigenvalue weighted by atomic mass is 16.5. The summed E-state index contributed by atoms with van der Waals surface area (Å²) in [7, 11) is 1.90. The summed E-state index contributed by atoms with van der Waals surface area (Å²) in [4.78, 5) is 2.19. The molecule has 0 bridgehead atoms. The lowest BCUT2D eigenvalue weighted by molar-refractivity contribution is 0.0999. The van der Waals surface area contributed by atoms with E-state index >= 15 is 0 Å². The molecule has 0 saturated heterocycles. The second-order valence-corrected chi connectivity index (χ2v) is 9.13. The molecule has 0 amide bonds. The van der Waals surface area contributed by atoms with Gasteiger partial charge in [-0.05, 0) is 36.2 Å². The fourth-order valence-corrected chi connectivity index (χ4v) is 4.53. The molecule has 1 atom stereocenters. The van der Waals surface area contributed by atoms with Crippen LogP contribution in [0.25, 0.3) is 11.3 Å². The lowest BCUT2D eigenvalue weighted by atomic mass is 10.1. The van der Waals surface area contributed by atoms with Crippen LogP contribution in [0, 0.1) is 0 Å². The van der Waals surface area contributed by atoms with E-state index in [4.69, 9.17) is 14.3 Å². The number of ether oxygens (including phenoxy) is 1. The first-order chi connectivity index (χ1) is 18.2. The molecule has 37 heavy (non-hydrogen) atoms. The number of benzene rings is 3. The molecule has 0 aliphatic carbocycles. The van der Waals surface area contributed by atoms with Gasteiger partial charge in [-0.15, -0.1) is 0 Å². The van der Waals surface area contributed by atoms with E-state index in [1.165, 1.54) is 0 Å². The molecule has 3 aromatic carbocycles. The summed E-state index contributed by atoms with van der Waals surface area (Å²) in [5, 5.41) is 15.9. The van der Waals surface area contributed by atoms with E-state index in [2.05, 4.69) is 17.0 Å². The van der Waals surface area contributed by atoms with E-state index in [0.29, 0.717) is 31.9 Å². The predicted molar refractivity (Wildman–Crippen MR) is 144 cm³/mol. The Bertz CT molecular complexity index is 1370. The van der Waals surface area contributed by atoms with Crippen molar-refractivity contribution in [2.45, 2.75) is 25.6 Å². The van der Waals surface area contributed by atoms with Gasteiger partial charge in [0.2, 0.25) is 5.88 Å². The number of hydrogen-bond acceptors (Lipinski definition) is 5. The van der Waals surface area contributed by atoms with Gasteiger partial charge in [0, 0.05) is 25.7 Å². The van der Waals surface area contributed by atoms with E-state index in [0.717, 1.165) is 33.9 Å². The van der Waals surface area contributed by atoms with E-state index in [9.17, 15) is 5.11 Å². The quantitative estimate of drug-likeness (QED) is 0.242. The molecule has 0 spiro atoms. The minimum atomic E-state index is -0.548. The van der Waals surface area contributed by atoms with Crippen LogP contribution in [0.5, 0.6) is 11.6 Å². The Labute approximate surface area is 217 Å². The van der Waals surface area contributed by atoms with Crippen molar-refractivity contribution in [2.24, 2.45) is 7.05 Å². The van der Waals surface area contributed by atoms with Crippen LogP contribution in [0.2, 0.25) is 0 Å². The molecule has 5 rings (SSSR count). The zero-order valence-corrected chi connectivity index (χ0v) is 20.9. The minimum Gasteiger partial charge on any atom is -0.468 e. The second-order valence-electron chi connectivity index (χ2n) is 9.13. The number of rotatable bonds is 11. The smallest absolute Gasteiger partial charge is 0.222 e. The van der Waals surface area contributed by atoms with Crippen molar-refractivity contribution in [1.82, 2.24) is 14.7 Å². The number of nitrogens with zero attached hydrogens (tertiary/aromatic N) is 3. The zero-order valence-electron chi connectivity index (χ0n) is 20.9. The van der Waals surface area contributed by atoms with Crippen LogP contribution in [0.3, 0.4) is 0 Å². The Kier molecular flexibility index (Phi) is 7.79. The van der Waals surface area contributed by atoms with Crippen molar-refractivity contribution in [3.8, 4) is 22.9 Å². The first kappa shape index (κ1) is 24.6. The van der Waals surface area contributed by atoms with Gasteiger partial charge in [-0.1, -0.05) is 78.9 Å². The van der Waals surface area contributed by atoms with Crippen LogP contribution in [-0.4, -0.2) is 32.4 Å². The fourth-order valence-electron chi connectivity index (χ4n) is 4.53. The van der Waals surface area contributed by atoms with Crippen molar-refractivity contribution >= 4 is 0 Å². The van der Waals surface area contributed by atoms with E-state index in [1.807, 2.05) is 98.0 Å². The SMILES string of the molecule is Cn1nc(-c2ccccc2)c(CN(Cc2ccco2)C[C@@H](O)Cc2ccccc2)c1Oc1ccccc1. The summed E-state index contributed by atoms with van der Waals surface area (Å²) >= 11 is 0. The zero-order chi connectivity index (χ0) is 25.5. The monoisotopic (exact) mass is 493 g/mol. The maximum Gasteiger partial charge on any atom is 0.222 e. The van der Waals surface area contributed by atoms with Gasteiger partial charge >= 0.3 is 0 Å². The Balaban J connectivity index is 1.47. The van der Waals surface area contributed by atoms with Crippen molar-refractivity contribution in [2.75, 3.05) is 6.54 Å². The Morgan fingerprint density at radius 3 is 2.22 bits per heavy atom. The van der Waals surface area contributed by atoms with Crippen LogP contribution >= 0.6 is 0 Å². The molecule has 0 aliphatic rings. The number of aliphatic hydroxyl groups excluding tert-OH is 1. The molecule has 0 unspecified atom stereocenters. The number of furan rings is 1. The molecule has 1 N–H and O–H groups in total. The summed E-state index contributed by atoms with van der Waals surface area (Å²) in [6.07, 6.45) is 1.70. The third-order valence-electron chi connectivity index (χ3n) is 6.22. The lowest BCUT2D eigenvalue weighted by Crippen LogP contribution is -2.33. The van der Waals surface area contributed by atoms with Gasteiger partial charge in [-0.3, -0.25) is 4.90 Å². The van der Waals surface area contributed by atoms with E-state index in [1.54, 1.807) is 10.9 Å². The summed E-state index contributed by atoms with van der Waals surface area (Å²) in [5.74, 6) is 2.25. The molecule has 0 aliphatic heterocycles. The van der Waals surface area contributed by atoms with Crippen molar-refractivity contribution in [3.63, 3.8) is 0 Å². The number of aromatic nitrogens is 2. The van der Waals surface area contributed by atoms with Gasteiger partial charge in [0.15, 0.2) is 0 Å². The highest BCUT2D eigenvalue weighted by Gasteiger charge is 2.24. The third kappa shape index (κ3) is 6.36. The van der Waals surface area contributed by atoms with E-state index in [-0.39, 0.29) is 0 Å². The van der Waals surface area contributed by atoms with Gasteiger partial charge < -0.3 is 14.3 Å². The summed E-state index contributed by atoms with van der Waals surface area (Å²) in [6, 6.07) is 33.8. The normalized spacial score (nSPS) is 12.1. The molecule has 2 aromatic heterocycles. The summed E-state index contributed by atoms with van der Waals surface area (Å²) in [5.41, 5.74) is 3.93. The van der Waals surface area contributed by atoms with Crippen LogP contribution < -0.4 is 4.74 Å². The van der Waals surface area contributed by atoms with Gasteiger partial charge in [-0.2, -0.15) is 5.10 Å². The van der Waals surface area contributed by atoms with Crippen LogP contribution in [0.4, 0.5) is 0 Å². The molecule has 5 aromatic rings. The van der Waals surface area contributed by atoms with Crippen molar-refractivity contribution in [3.05, 3.63) is 126 Å². The average Bonchev–Trinajstić information content (AvgIpc) is 3.54. The Morgan fingerprint density at radius 1 is 0.865 bits per heavy atom. The molecular formula is C31H31N3O3. The summed E-state index contributed by atoms with van der Waals surface area (Å²) in [6.45, 7) is 1.53. The molecule has 0 saturated carbocycles. The molecule has 0 radical (unpaired) electrons. The lowest BCUT2D eigenvalue weighted by Gasteiger charge is -2.25.